The zero-order chi connectivity index (χ0) is 20.8. The van der Waals surface area contributed by atoms with Crippen LogP contribution in [-0.4, -0.2) is 48.3 Å². The minimum Gasteiger partial charge on any atom is -0.508 e. The van der Waals surface area contributed by atoms with Crippen LogP contribution in [0.1, 0.15) is 17.3 Å². The van der Waals surface area contributed by atoms with Crippen molar-refractivity contribution in [1.29, 1.82) is 0 Å². The van der Waals surface area contributed by atoms with E-state index in [1.165, 1.54) is 14.0 Å². The molecule has 0 radical (unpaired) electrons. The predicted octanol–water partition coefficient (Wildman–Crippen LogP) is 2.92. The molecule has 7 nitrogen and oxygen atoms in total. The number of ether oxygens (including phenoxy) is 2. The second-order valence-electron chi connectivity index (χ2n) is 6.45. The zero-order valence-electron chi connectivity index (χ0n) is 16.2. The van der Waals surface area contributed by atoms with Crippen LogP contribution in [0.4, 0.5) is 0 Å². The van der Waals surface area contributed by atoms with Crippen LogP contribution in [-0.2, 0) is 14.3 Å². The highest BCUT2D eigenvalue weighted by Crippen LogP contribution is 2.26. The van der Waals surface area contributed by atoms with E-state index in [2.05, 4.69) is 10.3 Å². The number of methoxy groups -OCH3 is 1. The monoisotopic (exact) mass is 394 g/mol. The lowest BCUT2D eigenvalue weighted by Gasteiger charge is -2.15. The largest absolute Gasteiger partial charge is 0.508 e. The maximum atomic E-state index is 12.8. The quantitative estimate of drug-likeness (QED) is 0.472. The molecule has 1 aromatic heterocycles. The summed E-state index contributed by atoms with van der Waals surface area (Å²) in [5.41, 5.74) is 2.25. The second kappa shape index (κ2) is 9.16. The van der Waals surface area contributed by atoms with Crippen molar-refractivity contribution in [3.8, 4) is 17.0 Å². The Bertz CT molecular complexity index is 1020. The summed E-state index contributed by atoms with van der Waals surface area (Å²) in [6, 6.07) is 15.4. The molecule has 3 aromatic rings. The van der Waals surface area contributed by atoms with E-state index in [0.717, 1.165) is 5.56 Å². The number of nitrogens with one attached hydrogen (secondary N) is 1. The molecule has 29 heavy (non-hydrogen) atoms. The van der Waals surface area contributed by atoms with Gasteiger partial charge in [0.25, 0.3) is 5.91 Å². The van der Waals surface area contributed by atoms with Crippen LogP contribution in [0.2, 0.25) is 0 Å². The molecule has 0 fully saturated rings. The topological polar surface area (TPSA) is 97.8 Å². The van der Waals surface area contributed by atoms with E-state index >= 15 is 0 Å². The van der Waals surface area contributed by atoms with Gasteiger partial charge in [0.05, 0.1) is 23.4 Å². The van der Waals surface area contributed by atoms with Crippen molar-refractivity contribution < 1.29 is 24.2 Å². The Balaban J connectivity index is 1.90. The Labute approximate surface area is 168 Å². The smallest absolute Gasteiger partial charge is 0.339 e. The van der Waals surface area contributed by atoms with Crippen molar-refractivity contribution in [3.05, 3.63) is 60.2 Å². The van der Waals surface area contributed by atoms with E-state index in [0.29, 0.717) is 35.3 Å². The molecule has 150 valence electrons. The third-order valence-corrected chi connectivity index (χ3v) is 4.36. The van der Waals surface area contributed by atoms with Crippen LogP contribution in [0.3, 0.4) is 0 Å². The van der Waals surface area contributed by atoms with E-state index in [4.69, 9.17) is 9.47 Å². The van der Waals surface area contributed by atoms with Gasteiger partial charge in [0.2, 0.25) is 0 Å². The lowest BCUT2D eigenvalue weighted by atomic mass is 10.0. The van der Waals surface area contributed by atoms with Gasteiger partial charge in [0.1, 0.15) is 5.75 Å². The number of phenols is 1. The molecule has 0 aliphatic heterocycles. The second-order valence-corrected chi connectivity index (χ2v) is 6.45. The van der Waals surface area contributed by atoms with E-state index in [-0.39, 0.29) is 5.75 Å². The molecule has 7 heteroatoms. The number of hydrogen-bond donors (Lipinski definition) is 2. The van der Waals surface area contributed by atoms with Crippen LogP contribution >= 0.6 is 0 Å². The van der Waals surface area contributed by atoms with Gasteiger partial charge in [-0.25, -0.2) is 9.78 Å². The van der Waals surface area contributed by atoms with Crippen LogP contribution in [0.5, 0.6) is 5.75 Å². The average Bonchev–Trinajstić information content (AvgIpc) is 2.73. The highest BCUT2D eigenvalue weighted by atomic mass is 16.5. The van der Waals surface area contributed by atoms with Gasteiger partial charge in [0, 0.05) is 24.6 Å². The van der Waals surface area contributed by atoms with Gasteiger partial charge >= 0.3 is 5.97 Å². The van der Waals surface area contributed by atoms with Crippen molar-refractivity contribution in [2.45, 2.75) is 13.0 Å². The molecular weight excluding hydrogens is 372 g/mol. The van der Waals surface area contributed by atoms with Crippen molar-refractivity contribution in [2.24, 2.45) is 0 Å². The third kappa shape index (κ3) is 4.89. The summed E-state index contributed by atoms with van der Waals surface area (Å²) < 4.78 is 10.3. The van der Waals surface area contributed by atoms with Gasteiger partial charge in [0.15, 0.2) is 6.10 Å². The van der Waals surface area contributed by atoms with Gasteiger partial charge in [-0.1, -0.05) is 18.2 Å². The Morgan fingerprint density at radius 1 is 1.14 bits per heavy atom. The molecule has 0 aliphatic carbocycles. The fraction of sp³-hybridized carbons (Fsp3) is 0.227. The number of para-hydroxylation sites is 1. The molecule has 1 heterocycles. The standard InChI is InChI=1S/C22H22N2O5/c1-14(21(26)23-11-12-28-2)29-22(27)18-13-20(15-7-9-16(25)10-8-15)24-19-6-4-3-5-17(18)19/h3-10,13-14,25H,11-12H2,1-2H3,(H,23,26)/t14-/m1/s1. The van der Waals surface area contributed by atoms with Crippen LogP contribution in [0.15, 0.2) is 54.6 Å². The van der Waals surface area contributed by atoms with Gasteiger partial charge in [-0.2, -0.15) is 0 Å². The number of hydrogen-bond acceptors (Lipinski definition) is 6. The molecular formula is C22H22N2O5. The molecule has 0 aliphatic rings. The fourth-order valence-corrected chi connectivity index (χ4v) is 2.82. The number of nitrogens with zero attached hydrogens (tertiary/aromatic N) is 1. The number of esters is 1. The number of aromatic hydroxyl groups is 1. The lowest BCUT2D eigenvalue weighted by molar-refractivity contribution is -0.129. The Hall–Kier alpha value is -3.45. The number of carbonyl (C=O) groups is 2. The molecule has 3 rings (SSSR count). The highest BCUT2D eigenvalue weighted by Gasteiger charge is 2.21. The molecule has 0 saturated heterocycles. The fourth-order valence-electron chi connectivity index (χ4n) is 2.82. The maximum Gasteiger partial charge on any atom is 0.339 e. The average molecular weight is 394 g/mol. The van der Waals surface area contributed by atoms with Gasteiger partial charge in [-0.05, 0) is 43.3 Å². The Morgan fingerprint density at radius 3 is 2.59 bits per heavy atom. The first-order chi connectivity index (χ1) is 14.0. The first-order valence-electron chi connectivity index (χ1n) is 9.16. The summed E-state index contributed by atoms with van der Waals surface area (Å²) in [6.07, 6.45) is -0.955. The summed E-state index contributed by atoms with van der Waals surface area (Å²) in [7, 11) is 1.54. The van der Waals surface area contributed by atoms with E-state index in [9.17, 15) is 14.7 Å². The minimum atomic E-state index is -0.955. The van der Waals surface area contributed by atoms with Crippen LogP contribution < -0.4 is 5.32 Å². The number of fused-ring (bicyclic) bond motifs is 1. The van der Waals surface area contributed by atoms with Crippen LogP contribution in [0, 0.1) is 0 Å². The zero-order valence-corrected chi connectivity index (χ0v) is 16.2. The molecule has 0 bridgehead atoms. The SMILES string of the molecule is COCCNC(=O)[C@@H](C)OC(=O)c1cc(-c2ccc(O)cc2)nc2ccccc12. The molecule has 2 aromatic carbocycles. The molecule has 0 spiro atoms. The van der Waals surface area contributed by atoms with Crippen LogP contribution in [0.25, 0.3) is 22.2 Å². The predicted molar refractivity (Wildman–Crippen MR) is 109 cm³/mol. The maximum absolute atomic E-state index is 12.8. The van der Waals surface area contributed by atoms with Gasteiger partial charge in [-0.3, -0.25) is 4.79 Å². The minimum absolute atomic E-state index is 0.141. The Morgan fingerprint density at radius 2 is 1.86 bits per heavy atom. The highest BCUT2D eigenvalue weighted by molar-refractivity contribution is 6.05. The number of amides is 1. The Kier molecular flexibility index (Phi) is 6.41. The molecule has 1 atom stereocenters. The van der Waals surface area contributed by atoms with Gasteiger partial charge < -0.3 is 19.9 Å². The van der Waals surface area contributed by atoms with Crippen molar-refractivity contribution in [2.75, 3.05) is 20.3 Å². The van der Waals surface area contributed by atoms with Crippen molar-refractivity contribution >= 4 is 22.8 Å². The van der Waals surface area contributed by atoms with E-state index < -0.39 is 18.0 Å². The summed E-state index contributed by atoms with van der Waals surface area (Å²) >= 11 is 0. The molecule has 0 saturated carbocycles. The molecule has 1 amide bonds. The van der Waals surface area contributed by atoms with E-state index in [1.807, 2.05) is 12.1 Å². The first-order valence-corrected chi connectivity index (χ1v) is 9.16. The molecule has 2 N–H and O–H groups in total. The van der Waals surface area contributed by atoms with Gasteiger partial charge in [-0.15, -0.1) is 0 Å². The van der Waals surface area contributed by atoms with Crippen molar-refractivity contribution in [3.63, 3.8) is 0 Å². The van der Waals surface area contributed by atoms with Crippen molar-refractivity contribution in [1.82, 2.24) is 10.3 Å². The number of aromatic nitrogens is 1. The summed E-state index contributed by atoms with van der Waals surface area (Å²) in [5.74, 6) is -0.868. The molecule has 0 unspecified atom stereocenters. The third-order valence-electron chi connectivity index (χ3n) is 4.36. The van der Waals surface area contributed by atoms with E-state index in [1.54, 1.807) is 42.5 Å². The normalized spacial score (nSPS) is 11.8. The number of benzene rings is 2. The summed E-state index contributed by atoms with van der Waals surface area (Å²) in [6.45, 7) is 2.22. The number of carbonyl (C=O) groups excluding carboxylic acids is 2. The summed E-state index contributed by atoms with van der Waals surface area (Å²) in [5, 5.41) is 12.8. The number of phenolic OH excluding ortho intramolecular Hbond substituents is 1. The summed E-state index contributed by atoms with van der Waals surface area (Å²) in [4.78, 5) is 29.5. The number of rotatable bonds is 7. The number of pyridine rings is 1. The first kappa shape index (κ1) is 20.3. The lowest BCUT2D eigenvalue weighted by Crippen LogP contribution is -2.37.